The van der Waals surface area contributed by atoms with Crippen molar-refractivity contribution in [1.82, 2.24) is 14.8 Å². The summed E-state index contributed by atoms with van der Waals surface area (Å²) in [5.74, 6) is 1.43. The molecule has 0 bridgehead atoms. The van der Waals surface area contributed by atoms with Crippen molar-refractivity contribution in [3.8, 4) is 17.1 Å². The van der Waals surface area contributed by atoms with Crippen molar-refractivity contribution in [2.24, 2.45) is 0 Å². The molecule has 0 atom stereocenters. The molecule has 6 nitrogen and oxygen atoms in total. The molecule has 0 radical (unpaired) electrons. The standard InChI is InChI=1S/C20H19ClN4O2S/c1-3-12-25-19(16-6-4-5-7-17(16)27-2)23-24-20(25)28-13-18(26)22-15-10-8-14(21)9-11-15/h3-11H,1,12-13H2,2H3,(H,22,26). The molecular weight excluding hydrogens is 396 g/mol. The number of nitrogens with one attached hydrogen (secondary N) is 1. The molecule has 1 aromatic heterocycles. The normalized spacial score (nSPS) is 10.5. The first-order valence-electron chi connectivity index (χ1n) is 8.48. The van der Waals surface area contributed by atoms with Gasteiger partial charge in [-0.05, 0) is 36.4 Å². The minimum absolute atomic E-state index is 0.140. The van der Waals surface area contributed by atoms with Crippen molar-refractivity contribution < 1.29 is 9.53 Å². The zero-order valence-corrected chi connectivity index (χ0v) is 16.8. The SMILES string of the molecule is C=CCn1c(SCC(=O)Nc2ccc(Cl)cc2)nnc1-c1ccccc1OC. The molecule has 2 aromatic carbocycles. The number of hydrogen-bond donors (Lipinski definition) is 1. The van der Waals surface area contributed by atoms with Crippen molar-refractivity contribution in [3.63, 3.8) is 0 Å². The summed E-state index contributed by atoms with van der Waals surface area (Å²) >= 11 is 7.17. The lowest BCUT2D eigenvalue weighted by Gasteiger charge is -2.10. The van der Waals surface area contributed by atoms with Crippen molar-refractivity contribution >= 4 is 35.0 Å². The van der Waals surface area contributed by atoms with E-state index in [2.05, 4.69) is 22.1 Å². The molecule has 0 aliphatic heterocycles. The number of benzene rings is 2. The van der Waals surface area contributed by atoms with E-state index in [9.17, 15) is 4.79 Å². The highest BCUT2D eigenvalue weighted by atomic mass is 35.5. The molecule has 0 aliphatic rings. The molecule has 144 valence electrons. The van der Waals surface area contributed by atoms with E-state index in [1.54, 1.807) is 37.5 Å². The second kappa shape index (κ2) is 9.43. The first-order valence-corrected chi connectivity index (χ1v) is 9.84. The summed E-state index contributed by atoms with van der Waals surface area (Å²) in [5, 5.41) is 12.6. The van der Waals surface area contributed by atoms with Gasteiger partial charge in [-0.2, -0.15) is 0 Å². The Hall–Kier alpha value is -2.77. The van der Waals surface area contributed by atoms with Gasteiger partial charge >= 0.3 is 0 Å². The predicted molar refractivity (Wildman–Crippen MR) is 113 cm³/mol. The van der Waals surface area contributed by atoms with E-state index in [1.807, 2.05) is 28.8 Å². The summed E-state index contributed by atoms with van der Waals surface area (Å²) in [6, 6.07) is 14.6. The first kappa shape index (κ1) is 20.0. The van der Waals surface area contributed by atoms with Gasteiger partial charge in [0.1, 0.15) is 5.75 Å². The number of hydrogen-bond acceptors (Lipinski definition) is 5. The van der Waals surface area contributed by atoms with E-state index in [4.69, 9.17) is 16.3 Å². The number of aromatic nitrogens is 3. The van der Waals surface area contributed by atoms with Gasteiger partial charge in [-0.1, -0.05) is 41.6 Å². The molecule has 8 heteroatoms. The van der Waals surface area contributed by atoms with E-state index in [1.165, 1.54) is 11.8 Å². The summed E-state index contributed by atoms with van der Waals surface area (Å²) in [7, 11) is 1.61. The van der Waals surface area contributed by atoms with Gasteiger partial charge in [0.25, 0.3) is 0 Å². The van der Waals surface area contributed by atoms with Crippen LogP contribution in [0.25, 0.3) is 11.4 Å². The number of carbonyl (C=O) groups excluding carboxylic acids is 1. The average molecular weight is 415 g/mol. The molecule has 1 N–H and O–H groups in total. The monoisotopic (exact) mass is 414 g/mol. The number of carbonyl (C=O) groups is 1. The quantitative estimate of drug-likeness (QED) is 0.433. The van der Waals surface area contributed by atoms with Gasteiger partial charge in [0.05, 0.1) is 18.4 Å². The van der Waals surface area contributed by atoms with Crippen molar-refractivity contribution in [2.45, 2.75) is 11.7 Å². The molecular formula is C20H19ClN4O2S. The maximum atomic E-state index is 12.3. The Balaban J connectivity index is 1.75. The third-order valence-electron chi connectivity index (χ3n) is 3.84. The van der Waals surface area contributed by atoms with Crippen LogP contribution in [-0.4, -0.2) is 33.5 Å². The summed E-state index contributed by atoms with van der Waals surface area (Å²) in [6.45, 7) is 4.32. The van der Waals surface area contributed by atoms with Crippen molar-refractivity contribution in [3.05, 3.63) is 66.2 Å². The van der Waals surface area contributed by atoms with Crippen LogP contribution in [0.5, 0.6) is 5.75 Å². The van der Waals surface area contributed by atoms with Gasteiger partial charge in [0.15, 0.2) is 11.0 Å². The van der Waals surface area contributed by atoms with Gasteiger partial charge in [0, 0.05) is 17.3 Å². The number of ether oxygens (including phenoxy) is 1. The average Bonchev–Trinajstić information content (AvgIpc) is 3.11. The van der Waals surface area contributed by atoms with Gasteiger partial charge in [-0.15, -0.1) is 16.8 Å². The Bertz CT molecular complexity index is 973. The zero-order valence-electron chi connectivity index (χ0n) is 15.3. The van der Waals surface area contributed by atoms with Gasteiger partial charge in [-0.3, -0.25) is 9.36 Å². The zero-order chi connectivity index (χ0) is 19.9. The van der Waals surface area contributed by atoms with E-state index >= 15 is 0 Å². The molecule has 1 heterocycles. The minimum atomic E-state index is -0.140. The van der Waals surface area contributed by atoms with Crippen LogP contribution in [0.3, 0.4) is 0 Å². The number of anilines is 1. The van der Waals surface area contributed by atoms with Crippen LogP contribution in [-0.2, 0) is 11.3 Å². The lowest BCUT2D eigenvalue weighted by Crippen LogP contribution is -2.14. The number of allylic oxidation sites excluding steroid dienone is 1. The number of methoxy groups -OCH3 is 1. The third-order valence-corrected chi connectivity index (χ3v) is 5.06. The van der Waals surface area contributed by atoms with Crippen LogP contribution in [0, 0.1) is 0 Å². The fraction of sp³-hybridized carbons (Fsp3) is 0.150. The Morgan fingerprint density at radius 3 is 2.71 bits per heavy atom. The first-order chi connectivity index (χ1) is 13.6. The largest absolute Gasteiger partial charge is 0.496 e. The van der Waals surface area contributed by atoms with E-state index in [0.717, 1.165) is 5.56 Å². The second-order valence-electron chi connectivity index (χ2n) is 5.75. The summed E-state index contributed by atoms with van der Waals surface area (Å²) in [5.41, 5.74) is 1.52. The van der Waals surface area contributed by atoms with Crippen LogP contribution >= 0.6 is 23.4 Å². The number of nitrogens with zero attached hydrogens (tertiary/aromatic N) is 3. The summed E-state index contributed by atoms with van der Waals surface area (Å²) in [6.07, 6.45) is 1.76. The summed E-state index contributed by atoms with van der Waals surface area (Å²) < 4.78 is 7.34. The second-order valence-corrected chi connectivity index (χ2v) is 7.13. The lowest BCUT2D eigenvalue weighted by molar-refractivity contribution is -0.113. The maximum Gasteiger partial charge on any atom is 0.234 e. The number of para-hydroxylation sites is 1. The topological polar surface area (TPSA) is 69.0 Å². The minimum Gasteiger partial charge on any atom is -0.496 e. The molecule has 3 aromatic rings. The van der Waals surface area contributed by atoms with Crippen LogP contribution in [0.15, 0.2) is 66.3 Å². The van der Waals surface area contributed by atoms with Gasteiger partial charge in [-0.25, -0.2) is 0 Å². The van der Waals surface area contributed by atoms with E-state index < -0.39 is 0 Å². The fourth-order valence-electron chi connectivity index (χ4n) is 2.58. The molecule has 0 aliphatic carbocycles. The highest BCUT2D eigenvalue weighted by Gasteiger charge is 2.17. The number of rotatable bonds is 8. The predicted octanol–water partition coefficient (Wildman–Crippen LogP) is 4.52. The Labute approximate surface area is 172 Å². The Kier molecular flexibility index (Phi) is 6.73. The smallest absolute Gasteiger partial charge is 0.234 e. The lowest BCUT2D eigenvalue weighted by atomic mass is 10.2. The molecule has 0 unspecified atom stereocenters. The molecule has 0 fully saturated rings. The molecule has 3 rings (SSSR count). The number of halogens is 1. The van der Waals surface area contributed by atoms with Crippen LogP contribution in [0.4, 0.5) is 5.69 Å². The van der Waals surface area contributed by atoms with E-state index in [0.29, 0.717) is 34.0 Å². The van der Waals surface area contributed by atoms with Crippen LogP contribution in [0.2, 0.25) is 5.02 Å². The van der Waals surface area contributed by atoms with Crippen LogP contribution < -0.4 is 10.1 Å². The summed E-state index contributed by atoms with van der Waals surface area (Å²) in [4.78, 5) is 12.3. The Morgan fingerprint density at radius 1 is 1.25 bits per heavy atom. The molecule has 28 heavy (non-hydrogen) atoms. The molecule has 0 saturated heterocycles. The highest BCUT2D eigenvalue weighted by Crippen LogP contribution is 2.31. The van der Waals surface area contributed by atoms with Gasteiger partial charge in [0.2, 0.25) is 5.91 Å². The maximum absolute atomic E-state index is 12.3. The van der Waals surface area contributed by atoms with Gasteiger partial charge < -0.3 is 10.1 Å². The molecule has 1 amide bonds. The fourth-order valence-corrected chi connectivity index (χ4v) is 3.45. The van der Waals surface area contributed by atoms with Crippen molar-refractivity contribution in [2.75, 3.05) is 18.2 Å². The van der Waals surface area contributed by atoms with Crippen molar-refractivity contribution in [1.29, 1.82) is 0 Å². The highest BCUT2D eigenvalue weighted by molar-refractivity contribution is 7.99. The number of amides is 1. The number of thioether (sulfide) groups is 1. The molecule has 0 saturated carbocycles. The van der Waals surface area contributed by atoms with E-state index in [-0.39, 0.29) is 11.7 Å². The van der Waals surface area contributed by atoms with Crippen LogP contribution in [0.1, 0.15) is 0 Å². The Morgan fingerprint density at radius 2 is 2.00 bits per heavy atom. The third kappa shape index (κ3) is 4.74. The molecule has 0 spiro atoms.